The summed E-state index contributed by atoms with van der Waals surface area (Å²) in [7, 11) is 0.381. The van der Waals surface area contributed by atoms with Crippen LogP contribution in [0.15, 0.2) is 29.2 Å². The van der Waals surface area contributed by atoms with E-state index in [0.29, 0.717) is 18.8 Å². The van der Waals surface area contributed by atoms with Crippen molar-refractivity contribution >= 4 is 10.0 Å². The van der Waals surface area contributed by atoms with E-state index in [2.05, 4.69) is 4.72 Å². The van der Waals surface area contributed by atoms with E-state index in [4.69, 9.17) is 10.5 Å². The van der Waals surface area contributed by atoms with Crippen molar-refractivity contribution in [3.8, 4) is 0 Å². The monoisotopic (exact) mass is 301 g/mol. The quantitative estimate of drug-likeness (QED) is 0.627. The van der Waals surface area contributed by atoms with E-state index >= 15 is 0 Å². The number of ether oxygens (including phenoxy) is 1. The van der Waals surface area contributed by atoms with Gasteiger partial charge in [0.1, 0.15) is 0 Å². The van der Waals surface area contributed by atoms with E-state index in [9.17, 15) is 8.42 Å². The number of nitrogens with zero attached hydrogens (tertiary/aromatic N) is 1. The Morgan fingerprint density at radius 3 is 2.60 bits per heavy atom. The fourth-order valence-corrected chi connectivity index (χ4v) is 2.87. The molecule has 0 aliphatic carbocycles. The first-order chi connectivity index (χ1) is 9.47. The highest BCUT2D eigenvalue weighted by molar-refractivity contribution is 7.89. The van der Waals surface area contributed by atoms with Crippen molar-refractivity contribution in [2.24, 2.45) is 5.73 Å². The Morgan fingerprint density at radius 1 is 1.25 bits per heavy atom. The summed E-state index contributed by atoms with van der Waals surface area (Å²) in [6.07, 6.45) is 0. The number of benzene rings is 1. The zero-order chi connectivity index (χ0) is 15.0. The topological polar surface area (TPSA) is 84.7 Å². The number of hydrogen-bond donors (Lipinski definition) is 2. The molecule has 0 aliphatic heterocycles. The summed E-state index contributed by atoms with van der Waals surface area (Å²) in [6.45, 7) is 2.17. The minimum Gasteiger partial charge on any atom is -0.379 e. The smallest absolute Gasteiger partial charge is 0.240 e. The van der Waals surface area contributed by atoms with Crippen LogP contribution in [-0.2, 0) is 21.3 Å². The van der Waals surface area contributed by atoms with Crippen molar-refractivity contribution in [1.82, 2.24) is 9.62 Å². The Bertz CT molecular complexity index is 503. The van der Waals surface area contributed by atoms with Crippen molar-refractivity contribution < 1.29 is 13.2 Å². The Labute approximate surface area is 121 Å². The van der Waals surface area contributed by atoms with Gasteiger partial charge in [-0.3, -0.25) is 0 Å². The molecule has 0 saturated carbocycles. The predicted molar refractivity (Wildman–Crippen MR) is 78.9 cm³/mol. The molecule has 1 aromatic rings. The summed E-state index contributed by atoms with van der Waals surface area (Å²) >= 11 is 0. The summed E-state index contributed by atoms with van der Waals surface area (Å²) in [5.74, 6) is 0. The molecule has 0 radical (unpaired) electrons. The third kappa shape index (κ3) is 5.56. The minimum absolute atomic E-state index is 0.191. The molecule has 0 bridgehead atoms. The van der Waals surface area contributed by atoms with Gasteiger partial charge in [-0.1, -0.05) is 18.2 Å². The average Bonchev–Trinajstić information content (AvgIpc) is 2.42. The fraction of sp³-hybridized carbons (Fsp3) is 0.538. The molecule has 114 valence electrons. The molecule has 0 atom stereocenters. The third-order valence-corrected chi connectivity index (χ3v) is 4.26. The number of nitrogens with two attached hydrogens (primary N) is 1. The maximum absolute atomic E-state index is 12.1. The molecule has 1 aromatic carbocycles. The van der Waals surface area contributed by atoms with E-state index in [0.717, 1.165) is 6.54 Å². The Morgan fingerprint density at radius 2 is 1.95 bits per heavy atom. The first-order valence-electron chi connectivity index (χ1n) is 6.47. The summed E-state index contributed by atoms with van der Waals surface area (Å²) in [6, 6.07) is 6.71. The largest absolute Gasteiger partial charge is 0.379 e. The van der Waals surface area contributed by atoms with Gasteiger partial charge in [0.05, 0.1) is 18.1 Å². The molecule has 3 N–H and O–H groups in total. The lowest BCUT2D eigenvalue weighted by atomic mass is 10.2. The highest BCUT2D eigenvalue weighted by atomic mass is 32.2. The summed E-state index contributed by atoms with van der Waals surface area (Å²) in [5.41, 5.74) is 6.15. The van der Waals surface area contributed by atoms with Gasteiger partial charge in [0.2, 0.25) is 10.0 Å². The zero-order valence-corrected chi connectivity index (χ0v) is 12.8. The van der Waals surface area contributed by atoms with Gasteiger partial charge in [-0.15, -0.1) is 0 Å². The fourth-order valence-electron chi connectivity index (χ4n) is 1.61. The second-order valence-corrected chi connectivity index (χ2v) is 6.36. The van der Waals surface area contributed by atoms with Crippen LogP contribution in [0.3, 0.4) is 0 Å². The van der Waals surface area contributed by atoms with Gasteiger partial charge in [0, 0.05) is 19.6 Å². The van der Waals surface area contributed by atoms with Crippen LogP contribution in [0.4, 0.5) is 0 Å². The van der Waals surface area contributed by atoms with Crippen LogP contribution in [0.25, 0.3) is 0 Å². The van der Waals surface area contributed by atoms with Crippen LogP contribution >= 0.6 is 0 Å². The van der Waals surface area contributed by atoms with Gasteiger partial charge >= 0.3 is 0 Å². The van der Waals surface area contributed by atoms with Crippen molar-refractivity contribution in [3.63, 3.8) is 0 Å². The van der Waals surface area contributed by atoms with Gasteiger partial charge < -0.3 is 15.4 Å². The molecule has 0 amide bonds. The van der Waals surface area contributed by atoms with Crippen molar-refractivity contribution in [3.05, 3.63) is 29.8 Å². The second kappa shape index (κ2) is 8.33. The van der Waals surface area contributed by atoms with Crippen LogP contribution < -0.4 is 10.5 Å². The van der Waals surface area contributed by atoms with Gasteiger partial charge in [0.15, 0.2) is 0 Å². The molecule has 0 aliphatic rings. The predicted octanol–water partition coefficient (Wildman–Crippen LogP) is 0.00180. The zero-order valence-electron chi connectivity index (χ0n) is 12.0. The normalized spacial score (nSPS) is 12.0. The average molecular weight is 301 g/mol. The highest BCUT2D eigenvalue weighted by Crippen LogP contribution is 2.14. The number of hydrogen-bond acceptors (Lipinski definition) is 5. The van der Waals surface area contributed by atoms with Gasteiger partial charge in [-0.2, -0.15) is 0 Å². The number of rotatable bonds is 9. The summed E-state index contributed by atoms with van der Waals surface area (Å²) in [4.78, 5) is 2.23. The molecule has 0 heterocycles. The van der Waals surface area contributed by atoms with Crippen LogP contribution in [-0.4, -0.2) is 53.7 Å². The minimum atomic E-state index is -3.53. The highest BCUT2D eigenvalue weighted by Gasteiger charge is 2.16. The molecule has 0 saturated heterocycles. The maximum atomic E-state index is 12.1. The molecular weight excluding hydrogens is 278 g/mol. The number of likely N-dealkylation sites (N-methyl/N-ethyl adjacent to an activating group) is 1. The first kappa shape index (κ1) is 17.1. The molecule has 6 nitrogen and oxygen atoms in total. The first-order valence-corrected chi connectivity index (χ1v) is 7.96. The lowest BCUT2D eigenvalue weighted by Crippen LogP contribution is -2.29. The Kier molecular flexibility index (Phi) is 7.11. The van der Waals surface area contributed by atoms with Crippen LogP contribution in [0, 0.1) is 0 Å². The molecule has 1 rings (SSSR count). The van der Waals surface area contributed by atoms with Crippen LogP contribution in [0.2, 0.25) is 0 Å². The molecule has 0 unspecified atom stereocenters. The maximum Gasteiger partial charge on any atom is 0.240 e. The Balaban J connectivity index is 2.46. The molecule has 20 heavy (non-hydrogen) atoms. The number of sulfonamides is 1. The van der Waals surface area contributed by atoms with Gasteiger partial charge in [-0.25, -0.2) is 13.1 Å². The molecule has 7 heteroatoms. The standard InChI is InChI=1S/C13H23N3O3S/c1-16(2)8-10-19-9-7-15-20(17,18)13-6-4-3-5-12(13)11-14/h3-6,15H,7-11,14H2,1-2H3. The van der Waals surface area contributed by atoms with E-state index in [1.165, 1.54) is 0 Å². The van der Waals surface area contributed by atoms with Crippen molar-refractivity contribution in [2.75, 3.05) is 40.4 Å². The van der Waals surface area contributed by atoms with Crippen LogP contribution in [0.1, 0.15) is 5.56 Å². The SMILES string of the molecule is CN(C)CCOCCNS(=O)(=O)c1ccccc1CN. The molecule has 0 fully saturated rings. The molecule has 0 aromatic heterocycles. The van der Waals surface area contributed by atoms with Gasteiger partial charge in [-0.05, 0) is 25.7 Å². The second-order valence-electron chi connectivity index (χ2n) is 4.63. The lowest BCUT2D eigenvalue weighted by Gasteiger charge is -2.12. The lowest BCUT2D eigenvalue weighted by molar-refractivity contribution is 0.122. The van der Waals surface area contributed by atoms with Crippen molar-refractivity contribution in [1.29, 1.82) is 0 Å². The van der Waals surface area contributed by atoms with E-state index in [1.807, 2.05) is 19.0 Å². The molecular formula is C13H23N3O3S. The number of nitrogens with one attached hydrogen (secondary N) is 1. The van der Waals surface area contributed by atoms with E-state index < -0.39 is 10.0 Å². The van der Waals surface area contributed by atoms with Gasteiger partial charge in [0.25, 0.3) is 0 Å². The molecule has 0 spiro atoms. The third-order valence-electron chi connectivity index (χ3n) is 2.70. The Hall–Kier alpha value is -0.990. The van der Waals surface area contributed by atoms with E-state index in [1.54, 1.807) is 24.3 Å². The summed E-state index contributed by atoms with van der Waals surface area (Å²) < 4.78 is 32.1. The van der Waals surface area contributed by atoms with Crippen molar-refractivity contribution in [2.45, 2.75) is 11.4 Å². The summed E-state index contributed by atoms with van der Waals surface area (Å²) in [5, 5.41) is 0. The van der Waals surface area contributed by atoms with E-state index in [-0.39, 0.29) is 18.0 Å². The van der Waals surface area contributed by atoms with Crippen LogP contribution in [0.5, 0.6) is 0 Å².